The number of hydrogen-bond donors (Lipinski definition) is 2. The van der Waals surface area contributed by atoms with E-state index in [9.17, 15) is 9.18 Å². The highest BCUT2D eigenvalue weighted by Gasteiger charge is 2.11. The highest BCUT2D eigenvalue weighted by atomic mass is 35.5. The van der Waals surface area contributed by atoms with Crippen molar-refractivity contribution in [2.24, 2.45) is 0 Å². The summed E-state index contributed by atoms with van der Waals surface area (Å²) in [7, 11) is 0. The van der Waals surface area contributed by atoms with Gasteiger partial charge in [0.15, 0.2) is 6.61 Å². The van der Waals surface area contributed by atoms with Gasteiger partial charge in [-0.15, -0.1) is 0 Å². The van der Waals surface area contributed by atoms with Crippen molar-refractivity contribution in [3.05, 3.63) is 47.0 Å². The summed E-state index contributed by atoms with van der Waals surface area (Å²) in [6.45, 7) is 1.63. The molecule has 1 unspecified atom stereocenters. The zero-order valence-electron chi connectivity index (χ0n) is 10.7. The third-order valence-corrected chi connectivity index (χ3v) is 2.94. The summed E-state index contributed by atoms with van der Waals surface area (Å²) in [4.78, 5) is 11.7. The molecule has 0 spiro atoms. The van der Waals surface area contributed by atoms with Gasteiger partial charge in [0.2, 0.25) is 0 Å². The van der Waals surface area contributed by atoms with Crippen molar-refractivity contribution in [2.75, 3.05) is 6.61 Å². The third-order valence-electron chi connectivity index (χ3n) is 2.65. The van der Waals surface area contributed by atoms with E-state index in [1.165, 1.54) is 12.1 Å². The molecular formula is C13H13ClFN3O2. The van der Waals surface area contributed by atoms with E-state index in [1.54, 1.807) is 12.4 Å². The van der Waals surface area contributed by atoms with Gasteiger partial charge in [-0.2, -0.15) is 5.10 Å². The summed E-state index contributed by atoms with van der Waals surface area (Å²) < 4.78 is 18.1. The summed E-state index contributed by atoms with van der Waals surface area (Å²) in [6, 6.07) is 3.54. The molecule has 0 aliphatic carbocycles. The van der Waals surface area contributed by atoms with Gasteiger partial charge in [0.05, 0.1) is 17.3 Å². The third kappa shape index (κ3) is 3.71. The fraction of sp³-hybridized carbons (Fsp3) is 0.231. The van der Waals surface area contributed by atoms with Crippen LogP contribution in [0.2, 0.25) is 5.02 Å². The van der Waals surface area contributed by atoms with Crippen LogP contribution in [0.5, 0.6) is 5.75 Å². The molecule has 1 aromatic heterocycles. The zero-order chi connectivity index (χ0) is 14.5. The fourth-order valence-corrected chi connectivity index (χ4v) is 1.82. The lowest BCUT2D eigenvalue weighted by molar-refractivity contribution is -0.123. The van der Waals surface area contributed by atoms with Crippen LogP contribution in [-0.4, -0.2) is 22.7 Å². The van der Waals surface area contributed by atoms with Crippen molar-refractivity contribution in [1.82, 2.24) is 15.5 Å². The number of rotatable bonds is 5. The lowest BCUT2D eigenvalue weighted by atomic mass is 10.2. The highest BCUT2D eigenvalue weighted by molar-refractivity contribution is 6.32. The summed E-state index contributed by atoms with van der Waals surface area (Å²) >= 11 is 5.79. The number of ether oxygens (including phenoxy) is 1. The minimum absolute atomic E-state index is 0.126. The van der Waals surface area contributed by atoms with Gasteiger partial charge >= 0.3 is 0 Å². The van der Waals surface area contributed by atoms with Gasteiger partial charge < -0.3 is 10.1 Å². The first-order valence-corrected chi connectivity index (χ1v) is 6.30. The number of nitrogens with zero attached hydrogens (tertiary/aromatic N) is 1. The van der Waals surface area contributed by atoms with Gasteiger partial charge in [0.25, 0.3) is 5.91 Å². The van der Waals surface area contributed by atoms with E-state index in [-0.39, 0.29) is 29.3 Å². The molecule has 0 saturated heterocycles. The maximum absolute atomic E-state index is 12.8. The molecule has 0 aliphatic heterocycles. The normalized spacial score (nSPS) is 11.9. The maximum atomic E-state index is 12.8. The maximum Gasteiger partial charge on any atom is 0.258 e. The van der Waals surface area contributed by atoms with Gasteiger partial charge in [-0.05, 0) is 25.1 Å². The summed E-state index contributed by atoms with van der Waals surface area (Å²) in [6.07, 6.45) is 3.32. The first kappa shape index (κ1) is 14.3. The molecule has 1 amide bonds. The van der Waals surface area contributed by atoms with Gasteiger partial charge in [-0.1, -0.05) is 11.6 Å². The van der Waals surface area contributed by atoms with Gasteiger partial charge in [-0.25, -0.2) is 4.39 Å². The molecule has 2 rings (SSSR count). The van der Waals surface area contributed by atoms with E-state index in [2.05, 4.69) is 15.5 Å². The molecule has 2 aromatic rings. The Hall–Kier alpha value is -2.08. The van der Waals surface area contributed by atoms with Crippen LogP contribution in [0.3, 0.4) is 0 Å². The van der Waals surface area contributed by atoms with E-state index in [0.29, 0.717) is 0 Å². The first-order chi connectivity index (χ1) is 9.56. The van der Waals surface area contributed by atoms with Crippen molar-refractivity contribution >= 4 is 17.5 Å². The van der Waals surface area contributed by atoms with E-state index >= 15 is 0 Å². The summed E-state index contributed by atoms with van der Waals surface area (Å²) in [5, 5.41) is 9.34. The molecule has 0 bridgehead atoms. The Morgan fingerprint density at radius 2 is 2.40 bits per heavy atom. The topological polar surface area (TPSA) is 67.0 Å². The number of amides is 1. The molecule has 2 N–H and O–H groups in total. The van der Waals surface area contributed by atoms with Crippen LogP contribution >= 0.6 is 11.6 Å². The number of H-pyrrole nitrogens is 1. The Morgan fingerprint density at radius 1 is 1.60 bits per heavy atom. The van der Waals surface area contributed by atoms with Crippen LogP contribution < -0.4 is 10.1 Å². The SMILES string of the molecule is CC(NC(=O)COc1ccc(F)cc1Cl)c1cn[nH]c1. The van der Waals surface area contributed by atoms with Gasteiger partial charge in [0, 0.05) is 11.8 Å². The molecule has 1 atom stereocenters. The lowest BCUT2D eigenvalue weighted by Crippen LogP contribution is -2.31. The zero-order valence-corrected chi connectivity index (χ0v) is 11.4. The summed E-state index contributed by atoms with van der Waals surface area (Å²) in [5.41, 5.74) is 0.859. The molecule has 0 fully saturated rings. The predicted octanol–water partition coefficient (Wildman–Crippen LogP) is 2.46. The average molecular weight is 298 g/mol. The Labute approximate surface area is 120 Å². The lowest BCUT2D eigenvalue weighted by Gasteiger charge is -2.13. The summed E-state index contributed by atoms with van der Waals surface area (Å²) in [5.74, 6) is -0.501. The van der Waals surface area contributed by atoms with Crippen LogP contribution in [0.15, 0.2) is 30.6 Å². The van der Waals surface area contributed by atoms with Crippen molar-refractivity contribution < 1.29 is 13.9 Å². The van der Waals surface area contributed by atoms with E-state index < -0.39 is 5.82 Å². The molecule has 0 aliphatic rings. The number of carbonyl (C=O) groups is 1. The van der Waals surface area contributed by atoms with Crippen LogP contribution in [0.1, 0.15) is 18.5 Å². The van der Waals surface area contributed by atoms with Crippen LogP contribution in [-0.2, 0) is 4.79 Å². The number of nitrogens with one attached hydrogen (secondary N) is 2. The van der Waals surface area contributed by atoms with Crippen molar-refractivity contribution in [3.8, 4) is 5.75 Å². The minimum Gasteiger partial charge on any atom is -0.482 e. The quantitative estimate of drug-likeness (QED) is 0.891. The predicted molar refractivity (Wildman–Crippen MR) is 72.1 cm³/mol. The molecule has 106 valence electrons. The Balaban J connectivity index is 1.86. The van der Waals surface area contributed by atoms with Crippen LogP contribution in [0.4, 0.5) is 4.39 Å². The second-order valence-corrected chi connectivity index (χ2v) is 4.59. The van der Waals surface area contributed by atoms with Gasteiger partial charge in [0.1, 0.15) is 11.6 Å². The second-order valence-electron chi connectivity index (χ2n) is 4.18. The van der Waals surface area contributed by atoms with Crippen LogP contribution in [0, 0.1) is 5.82 Å². The molecule has 0 saturated carbocycles. The number of carbonyl (C=O) groups excluding carboxylic acids is 1. The van der Waals surface area contributed by atoms with E-state index in [1.807, 2.05) is 6.92 Å². The number of halogens is 2. The van der Waals surface area contributed by atoms with Gasteiger partial charge in [-0.3, -0.25) is 9.89 Å². The van der Waals surface area contributed by atoms with Crippen molar-refractivity contribution in [1.29, 1.82) is 0 Å². The number of benzene rings is 1. The molecule has 1 heterocycles. The first-order valence-electron chi connectivity index (χ1n) is 5.92. The second kappa shape index (κ2) is 6.38. The minimum atomic E-state index is -0.458. The van der Waals surface area contributed by atoms with Crippen LogP contribution in [0.25, 0.3) is 0 Å². The molecule has 0 radical (unpaired) electrons. The van der Waals surface area contributed by atoms with E-state index in [0.717, 1.165) is 11.6 Å². The molecular weight excluding hydrogens is 285 g/mol. The standard InChI is InChI=1S/C13H13ClFN3O2/c1-8(9-5-16-17-6-9)18-13(19)7-20-12-3-2-10(15)4-11(12)14/h2-6,8H,7H2,1H3,(H,16,17)(H,18,19). The fourth-order valence-electron chi connectivity index (χ4n) is 1.60. The number of aromatic amines is 1. The highest BCUT2D eigenvalue weighted by Crippen LogP contribution is 2.24. The van der Waals surface area contributed by atoms with E-state index in [4.69, 9.17) is 16.3 Å². The average Bonchev–Trinajstić information content (AvgIpc) is 2.91. The Bertz CT molecular complexity index is 589. The van der Waals surface area contributed by atoms with Crippen molar-refractivity contribution in [3.63, 3.8) is 0 Å². The number of aromatic nitrogens is 2. The largest absolute Gasteiger partial charge is 0.482 e. The number of hydrogen-bond acceptors (Lipinski definition) is 3. The molecule has 5 nitrogen and oxygen atoms in total. The molecule has 20 heavy (non-hydrogen) atoms. The molecule has 7 heteroatoms. The van der Waals surface area contributed by atoms with Crippen molar-refractivity contribution in [2.45, 2.75) is 13.0 Å². The molecule has 1 aromatic carbocycles. The Kier molecular flexibility index (Phi) is 4.57. The Morgan fingerprint density at radius 3 is 3.05 bits per heavy atom. The smallest absolute Gasteiger partial charge is 0.258 e. The monoisotopic (exact) mass is 297 g/mol.